The summed E-state index contributed by atoms with van der Waals surface area (Å²) >= 11 is 30.7. The summed E-state index contributed by atoms with van der Waals surface area (Å²) in [4.78, 5) is 24.9. The Kier molecular flexibility index (Phi) is 8.56. The molecule has 11 heteroatoms. The fraction of sp³-hybridized carbons (Fsp3) is 0.167. The average Bonchev–Trinajstić information content (AvgIpc) is 3.38. The SMILES string of the molecule is C=C(/C=C\C(F)=C(/C)C(=O)Nc1ccc(F)cc1)NC(=O)C1C(c2cc(Cl)c(Cl)c(Cl)c2)C1(Cl)Cl. The summed E-state index contributed by atoms with van der Waals surface area (Å²) in [7, 11) is 0. The fourth-order valence-corrected chi connectivity index (χ4v) is 4.71. The fourth-order valence-electron chi connectivity index (χ4n) is 3.27. The maximum Gasteiger partial charge on any atom is 0.254 e. The topological polar surface area (TPSA) is 58.2 Å². The molecule has 2 aromatic carbocycles. The van der Waals surface area contributed by atoms with Gasteiger partial charge in [-0.1, -0.05) is 41.4 Å². The van der Waals surface area contributed by atoms with Crippen molar-refractivity contribution in [1.82, 2.24) is 5.32 Å². The first kappa shape index (κ1) is 27.5. The minimum Gasteiger partial charge on any atom is -0.326 e. The molecule has 0 aliphatic heterocycles. The van der Waals surface area contributed by atoms with E-state index < -0.39 is 39.6 Å². The summed E-state index contributed by atoms with van der Waals surface area (Å²) in [6, 6.07) is 8.07. The van der Waals surface area contributed by atoms with Gasteiger partial charge in [0.1, 0.15) is 16.0 Å². The van der Waals surface area contributed by atoms with Crippen LogP contribution < -0.4 is 10.6 Å². The third-order valence-electron chi connectivity index (χ3n) is 5.22. The van der Waals surface area contributed by atoms with E-state index in [2.05, 4.69) is 17.2 Å². The predicted molar refractivity (Wildman–Crippen MR) is 137 cm³/mol. The first-order valence-electron chi connectivity index (χ1n) is 9.96. The van der Waals surface area contributed by atoms with Crippen LogP contribution in [0.3, 0.4) is 0 Å². The van der Waals surface area contributed by atoms with Crippen LogP contribution in [0.15, 0.2) is 72.2 Å². The van der Waals surface area contributed by atoms with Gasteiger partial charge in [0.25, 0.3) is 5.91 Å². The molecule has 0 spiro atoms. The van der Waals surface area contributed by atoms with E-state index in [1.165, 1.54) is 37.3 Å². The number of amides is 2. The number of carbonyl (C=O) groups excluding carboxylic acids is 2. The van der Waals surface area contributed by atoms with Crippen LogP contribution in [-0.4, -0.2) is 16.1 Å². The molecule has 1 saturated carbocycles. The smallest absolute Gasteiger partial charge is 0.254 e. The van der Waals surface area contributed by atoms with Crippen molar-refractivity contribution < 1.29 is 18.4 Å². The van der Waals surface area contributed by atoms with Crippen molar-refractivity contribution in [2.45, 2.75) is 17.2 Å². The van der Waals surface area contributed by atoms with E-state index in [1.54, 1.807) is 0 Å². The molecule has 0 radical (unpaired) electrons. The maximum absolute atomic E-state index is 14.4. The Hall–Kier alpha value is -2.09. The van der Waals surface area contributed by atoms with E-state index in [0.717, 1.165) is 18.2 Å². The van der Waals surface area contributed by atoms with Crippen LogP contribution in [0.4, 0.5) is 14.5 Å². The van der Waals surface area contributed by atoms with Crippen LogP contribution in [-0.2, 0) is 9.59 Å². The molecule has 184 valence electrons. The number of benzene rings is 2. The molecule has 0 saturated heterocycles. The van der Waals surface area contributed by atoms with Crippen molar-refractivity contribution in [1.29, 1.82) is 0 Å². The Morgan fingerprint density at radius 2 is 1.63 bits per heavy atom. The second kappa shape index (κ2) is 10.9. The van der Waals surface area contributed by atoms with Crippen LogP contribution in [0.2, 0.25) is 15.1 Å². The number of alkyl halides is 2. The zero-order chi connectivity index (χ0) is 26.1. The molecule has 1 fully saturated rings. The summed E-state index contributed by atoms with van der Waals surface area (Å²) in [6.45, 7) is 4.92. The Morgan fingerprint density at radius 3 is 2.20 bits per heavy atom. The third-order valence-corrected chi connectivity index (χ3v) is 7.35. The Balaban J connectivity index is 1.63. The molecule has 2 aromatic rings. The molecule has 2 N–H and O–H groups in total. The summed E-state index contributed by atoms with van der Waals surface area (Å²) in [5, 5.41) is 5.50. The predicted octanol–water partition coefficient (Wildman–Crippen LogP) is 7.74. The van der Waals surface area contributed by atoms with Crippen molar-refractivity contribution in [3.05, 3.63) is 98.7 Å². The number of rotatable bonds is 7. The highest BCUT2D eigenvalue weighted by Gasteiger charge is 2.67. The number of hydrogen-bond donors (Lipinski definition) is 2. The van der Waals surface area contributed by atoms with Crippen LogP contribution in [0, 0.1) is 11.7 Å². The molecule has 1 aliphatic carbocycles. The van der Waals surface area contributed by atoms with Crippen LogP contribution in [0.1, 0.15) is 18.4 Å². The van der Waals surface area contributed by atoms with Crippen molar-refractivity contribution in [3.8, 4) is 0 Å². The highest BCUT2D eigenvalue weighted by atomic mass is 35.5. The first-order valence-corrected chi connectivity index (χ1v) is 11.8. The van der Waals surface area contributed by atoms with Gasteiger partial charge in [0.15, 0.2) is 0 Å². The van der Waals surface area contributed by atoms with Gasteiger partial charge in [0.05, 0.1) is 21.0 Å². The van der Waals surface area contributed by atoms with Crippen molar-refractivity contribution >= 4 is 75.5 Å². The Morgan fingerprint density at radius 1 is 1.06 bits per heavy atom. The van der Waals surface area contributed by atoms with Crippen LogP contribution in [0.25, 0.3) is 0 Å². The van der Waals surface area contributed by atoms with Crippen molar-refractivity contribution in [2.75, 3.05) is 5.32 Å². The molecule has 2 atom stereocenters. The van der Waals surface area contributed by atoms with E-state index in [-0.39, 0.29) is 26.3 Å². The lowest BCUT2D eigenvalue weighted by Crippen LogP contribution is -2.25. The van der Waals surface area contributed by atoms with Crippen molar-refractivity contribution in [3.63, 3.8) is 0 Å². The van der Waals surface area contributed by atoms with Gasteiger partial charge in [-0.25, -0.2) is 8.78 Å². The zero-order valence-corrected chi connectivity index (χ0v) is 21.7. The van der Waals surface area contributed by atoms with Gasteiger partial charge in [-0.3, -0.25) is 9.59 Å². The summed E-state index contributed by atoms with van der Waals surface area (Å²) in [5.41, 5.74) is 0.646. The standard InChI is InChI=1S/C24H17Cl5F2N2O2/c1-11(3-8-18(31)12(2)22(34)33-15-6-4-14(30)5-7-15)32-23(35)20-19(24(20,28)29)13-9-16(25)21(27)17(26)10-13/h3-10,19-20H,1H2,2H3,(H,32,35)(H,33,34)/b8-3-,18-12-. The molecule has 0 bridgehead atoms. The summed E-state index contributed by atoms with van der Waals surface area (Å²) in [6.07, 6.45) is 2.15. The summed E-state index contributed by atoms with van der Waals surface area (Å²) < 4.78 is 26.0. The maximum atomic E-state index is 14.4. The van der Waals surface area contributed by atoms with Gasteiger partial charge >= 0.3 is 0 Å². The van der Waals surface area contributed by atoms with E-state index in [1.807, 2.05) is 0 Å². The lowest BCUT2D eigenvalue weighted by atomic mass is 10.1. The third kappa shape index (κ3) is 6.38. The Bertz CT molecular complexity index is 1240. The number of hydrogen-bond acceptors (Lipinski definition) is 2. The molecule has 35 heavy (non-hydrogen) atoms. The van der Waals surface area contributed by atoms with E-state index in [9.17, 15) is 18.4 Å². The first-order chi connectivity index (χ1) is 16.3. The minimum atomic E-state index is -1.42. The second-order valence-electron chi connectivity index (χ2n) is 7.71. The number of allylic oxidation sites excluding steroid dienone is 3. The highest BCUT2D eigenvalue weighted by Crippen LogP contribution is 2.65. The van der Waals surface area contributed by atoms with Gasteiger partial charge in [-0.05, 0) is 61.0 Å². The van der Waals surface area contributed by atoms with Gasteiger partial charge in [-0.2, -0.15) is 0 Å². The van der Waals surface area contributed by atoms with Gasteiger partial charge in [0, 0.05) is 22.9 Å². The highest BCUT2D eigenvalue weighted by molar-refractivity contribution is 6.53. The monoisotopic (exact) mass is 578 g/mol. The molecule has 0 aromatic heterocycles. The minimum absolute atomic E-state index is 0.0406. The number of halogens is 7. The summed E-state index contributed by atoms with van der Waals surface area (Å²) in [5.74, 6) is -4.06. The van der Waals surface area contributed by atoms with Crippen LogP contribution in [0.5, 0.6) is 0 Å². The van der Waals surface area contributed by atoms with Gasteiger partial charge in [-0.15, -0.1) is 23.2 Å². The van der Waals surface area contributed by atoms with Gasteiger partial charge in [0.2, 0.25) is 5.91 Å². The van der Waals surface area contributed by atoms with E-state index in [4.69, 9.17) is 58.0 Å². The quantitative estimate of drug-likeness (QED) is 0.152. The molecular weight excluding hydrogens is 564 g/mol. The largest absolute Gasteiger partial charge is 0.326 e. The van der Waals surface area contributed by atoms with Gasteiger partial charge < -0.3 is 10.6 Å². The second-order valence-corrected chi connectivity index (χ2v) is 10.3. The molecular formula is C24H17Cl5F2N2O2. The molecule has 4 nitrogen and oxygen atoms in total. The molecule has 2 unspecified atom stereocenters. The number of anilines is 1. The van der Waals surface area contributed by atoms with Crippen LogP contribution >= 0.6 is 58.0 Å². The van der Waals surface area contributed by atoms with Crippen molar-refractivity contribution in [2.24, 2.45) is 5.92 Å². The molecule has 3 rings (SSSR count). The average molecular weight is 581 g/mol. The molecule has 2 amide bonds. The molecule has 1 aliphatic rings. The number of carbonyl (C=O) groups is 2. The zero-order valence-electron chi connectivity index (χ0n) is 17.9. The normalized spacial score (nSPS) is 19.2. The lowest BCUT2D eigenvalue weighted by Gasteiger charge is -2.07. The lowest BCUT2D eigenvalue weighted by molar-refractivity contribution is -0.121. The van der Waals surface area contributed by atoms with E-state index >= 15 is 0 Å². The number of nitrogens with one attached hydrogen (secondary N) is 2. The Labute approximate surface area is 225 Å². The van der Waals surface area contributed by atoms with E-state index in [0.29, 0.717) is 11.3 Å². The molecule has 0 heterocycles.